The highest BCUT2D eigenvalue weighted by Crippen LogP contribution is 2.20. The molecule has 1 aromatic carbocycles. The highest BCUT2D eigenvalue weighted by atomic mass is 35.5. The molecule has 0 radical (unpaired) electrons. The van der Waals surface area contributed by atoms with Gasteiger partial charge in [-0.1, -0.05) is 30.3 Å². The number of piperidine rings is 1. The van der Waals surface area contributed by atoms with Gasteiger partial charge in [0.05, 0.1) is 0 Å². The molecule has 0 saturated carbocycles. The maximum absolute atomic E-state index is 12.7. The van der Waals surface area contributed by atoms with Crippen LogP contribution in [-0.4, -0.2) is 60.4 Å². The number of nitrogens with one attached hydrogen (secondary N) is 1. The van der Waals surface area contributed by atoms with Crippen molar-refractivity contribution in [2.75, 3.05) is 32.7 Å². The summed E-state index contributed by atoms with van der Waals surface area (Å²) in [5, 5.41) is 3.40. The van der Waals surface area contributed by atoms with Gasteiger partial charge < -0.3 is 15.1 Å². The van der Waals surface area contributed by atoms with Gasteiger partial charge in [0, 0.05) is 44.6 Å². The van der Waals surface area contributed by atoms with Gasteiger partial charge in [-0.15, -0.1) is 12.4 Å². The first-order valence-corrected chi connectivity index (χ1v) is 9.97. The SMILES string of the molecule is C[C@H]1C[C@@H](C(=O)N2CCN(C(=O)CCCc3ccccc3)CC2)CCN1.Cl. The largest absolute Gasteiger partial charge is 0.339 e. The molecule has 0 aliphatic carbocycles. The van der Waals surface area contributed by atoms with Gasteiger partial charge in [0.1, 0.15) is 0 Å². The molecule has 1 N–H and O–H groups in total. The van der Waals surface area contributed by atoms with Crippen LogP contribution in [0, 0.1) is 5.92 Å². The molecule has 0 unspecified atom stereocenters. The van der Waals surface area contributed by atoms with Crippen molar-refractivity contribution in [3.63, 3.8) is 0 Å². The molecule has 5 nitrogen and oxygen atoms in total. The number of aryl methyl sites for hydroxylation is 1. The molecular formula is C21H32ClN3O2. The smallest absolute Gasteiger partial charge is 0.225 e. The summed E-state index contributed by atoms with van der Waals surface area (Å²) in [4.78, 5) is 29.0. The first-order chi connectivity index (χ1) is 12.6. The van der Waals surface area contributed by atoms with E-state index in [0.717, 1.165) is 32.2 Å². The van der Waals surface area contributed by atoms with E-state index in [1.54, 1.807) is 0 Å². The third kappa shape index (κ3) is 6.22. The van der Waals surface area contributed by atoms with Crippen molar-refractivity contribution in [2.45, 2.75) is 45.1 Å². The number of amides is 2. The Morgan fingerprint density at radius 1 is 1.07 bits per heavy atom. The van der Waals surface area contributed by atoms with E-state index < -0.39 is 0 Å². The van der Waals surface area contributed by atoms with E-state index in [1.165, 1.54) is 5.56 Å². The van der Waals surface area contributed by atoms with Crippen LogP contribution in [0.3, 0.4) is 0 Å². The van der Waals surface area contributed by atoms with Crippen molar-refractivity contribution in [1.29, 1.82) is 0 Å². The number of hydrogen-bond donors (Lipinski definition) is 1. The van der Waals surface area contributed by atoms with E-state index in [1.807, 2.05) is 28.0 Å². The van der Waals surface area contributed by atoms with Crippen molar-refractivity contribution in [1.82, 2.24) is 15.1 Å². The van der Waals surface area contributed by atoms with Crippen LogP contribution in [0.2, 0.25) is 0 Å². The normalized spacial score (nSPS) is 22.9. The second-order valence-corrected chi connectivity index (χ2v) is 7.62. The average Bonchev–Trinajstić information content (AvgIpc) is 2.68. The van der Waals surface area contributed by atoms with Crippen LogP contribution in [0.25, 0.3) is 0 Å². The molecule has 0 spiro atoms. The lowest BCUT2D eigenvalue weighted by Crippen LogP contribution is -2.53. The lowest BCUT2D eigenvalue weighted by Gasteiger charge is -2.38. The van der Waals surface area contributed by atoms with Gasteiger partial charge in [-0.05, 0) is 44.7 Å². The number of piperazine rings is 1. The first-order valence-electron chi connectivity index (χ1n) is 9.97. The highest BCUT2D eigenvalue weighted by Gasteiger charge is 2.31. The molecule has 6 heteroatoms. The quantitative estimate of drug-likeness (QED) is 0.836. The van der Waals surface area contributed by atoms with Crippen molar-refractivity contribution in [2.24, 2.45) is 5.92 Å². The van der Waals surface area contributed by atoms with Gasteiger partial charge in [0.2, 0.25) is 11.8 Å². The molecule has 2 amide bonds. The summed E-state index contributed by atoms with van der Waals surface area (Å²) in [6.07, 6.45) is 4.28. The molecule has 2 fully saturated rings. The summed E-state index contributed by atoms with van der Waals surface area (Å²) in [5.41, 5.74) is 1.28. The minimum absolute atomic E-state index is 0. The van der Waals surface area contributed by atoms with Crippen LogP contribution in [-0.2, 0) is 16.0 Å². The van der Waals surface area contributed by atoms with E-state index in [0.29, 0.717) is 38.6 Å². The summed E-state index contributed by atoms with van der Waals surface area (Å²) in [7, 11) is 0. The zero-order chi connectivity index (χ0) is 18.4. The summed E-state index contributed by atoms with van der Waals surface area (Å²) >= 11 is 0. The molecular weight excluding hydrogens is 362 g/mol. The summed E-state index contributed by atoms with van der Waals surface area (Å²) in [5.74, 6) is 0.664. The Balaban J connectivity index is 0.00000261. The number of nitrogens with zero attached hydrogens (tertiary/aromatic N) is 2. The molecule has 2 aliphatic rings. The number of rotatable bonds is 5. The van der Waals surface area contributed by atoms with E-state index in [9.17, 15) is 9.59 Å². The molecule has 2 aliphatic heterocycles. The fourth-order valence-electron chi connectivity index (χ4n) is 4.04. The zero-order valence-electron chi connectivity index (χ0n) is 16.2. The summed E-state index contributed by atoms with van der Waals surface area (Å²) < 4.78 is 0. The molecule has 2 saturated heterocycles. The number of halogens is 1. The Labute approximate surface area is 168 Å². The minimum Gasteiger partial charge on any atom is -0.339 e. The van der Waals surface area contributed by atoms with Gasteiger partial charge in [-0.25, -0.2) is 0 Å². The first kappa shape index (κ1) is 21.7. The van der Waals surface area contributed by atoms with Crippen LogP contribution < -0.4 is 5.32 Å². The molecule has 27 heavy (non-hydrogen) atoms. The zero-order valence-corrected chi connectivity index (χ0v) is 17.0. The van der Waals surface area contributed by atoms with Crippen molar-refractivity contribution < 1.29 is 9.59 Å². The summed E-state index contributed by atoms with van der Waals surface area (Å²) in [6.45, 7) is 5.79. The van der Waals surface area contributed by atoms with Crippen LogP contribution in [0.4, 0.5) is 0 Å². The number of carbonyl (C=O) groups excluding carboxylic acids is 2. The summed E-state index contributed by atoms with van der Waals surface area (Å²) in [6, 6.07) is 10.7. The number of hydrogen-bond acceptors (Lipinski definition) is 3. The monoisotopic (exact) mass is 393 g/mol. The molecule has 150 valence electrons. The predicted molar refractivity (Wildman–Crippen MR) is 110 cm³/mol. The molecule has 2 atom stereocenters. The molecule has 0 bridgehead atoms. The Hall–Kier alpha value is -1.59. The third-order valence-electron chi connectivity index (χ3n) is 5.62. The standard InChI is InChI=1S/C21H31N3O2.ClH/c1-17-16-19(10-11-22-17)21(26)24-14-12-23(13-15-24)20(25)9-5-8-18-6-3-2-4-7-18;/h2-4,6-7,17,19,22H,5,8-16H2,1H3;1H/t17-,19-;/m0./s1. The average molecular weight is 394 g/mol. The second-order valence-electron chi connectivity index (χ2n) is 7.62. The Kier molecular flexibility index (Phi) is 8.58. The van der Waals surface area contributed by atoms with Gasteiger partial charge in [-0.3, -0.25) is 9.59 Å². The van der Waals surface area contributed by atoms with E-state index >= 15 is 0 Å². The van der Waals surface area contributed by atoms with Crippen molar-refractivity contribution >= 4 is 24.2 Å². The van der Waals surface area contributed by atoms with Gasteiger partial charge in [-0.2, -0.15) is 0 Å². The van der Waals surface area contributed by atoms with E-state index in [4.69, 9.17) is 0 Å². The van der Waals surface area contributed by atoms with Gasteiger partial charge in [0.25, 0.3) is 0 Å². The van der Waals surface area contributed by atoms with Gasteiger partial charge >= 0.3 is 0 Å². The maximum Gasteiger partial charge on any atom is 0.225 e. The Morgan fingerprint density at radius 3 is 2.41 bits per heavy atom. The molecule has 1 aromatic rings. The maximum atomic E-state index is 12.7. The van der Waals surface area contributed by atoms with E-state index in [-0.39, 0.29) is 30.1 Å². The van der Waals surface area contributed by atoms with Crippen LogP contribution in [0.5, 0.6) is 0 Å². The molecule has 2 heterocycles. The lowest BCUT2D eigenvalue weighted by molar-refractivity contribution is -0.143. The number of benzene rings is 1. The van der Waals surface area contributed by atoms with Crippen LogP contribution in [0.15, 0.2) is 30.3 Å². The Morgan fingerprint density at radius 2 is 1.74 bits per heavy atom. The predicted octanol–water partition coefficient (Wildman–Crippen LogP) is 2.49. The van der Waals surface area contributed by atoms with E-state index in [2.05, 4.69) is 24.4 Å². The topological polar surface area (TPSA) is 52.7 Å². The second kappa shape index (κ2) is 10.7. The Bertz CT molecular complexity index is 603. The lowest BCUT2D eigenvalue weighted by atomic mass is 9.92. The van der Waals surface area contributed by atoms with Crippen LogP contribution >= 0.6 is 12.4 Å². The minimum atomic E-state index is 0. The van der Waals surface area contributed by atoms with Crippen molar-refractivity contribution in [3.05, 3.63) is 35.9 Å². The fraction of sp³-hybridized carbons (Fsp3) is 0.619. The molecule has 3 rings (SSSR count). The third-order valence-corrected chi connectivity index (χ3v) is 5.62. The fourth-order valence-corrected chi connectivity index (χ4v) is 4.04. The van der Waals surface area contributed by atoms with Gasteiger partial charge in [0.15, 0.2) is 0 Å². The highest BCUT2D eigenvalue weighted by molar-refractivity contribution is 5.85. The van der Waals surface area contributed by atoms with Crippen molar-refractivity contribution in [3.8, 4) is 0 Å². The number of carbonyl (C=O) groups is 2. The molecule has 0 aromatic heterocycles. The van der Waals surface area contributed by atoms with Crippen LogP contribution in [0.1, 0.15) is 38.2 Å².